The molecule has 2 rings (SSSR count). The largest absolute Gasteiger partial charge is 0.384 e. The van der Waals surface area contributed by atoms with Gasteiger partial charge < -0.3 is 15.0 Å². The molecule has 116 valence electrons. The van der Waals surface area contributed by atoms with Crippen molar-refractivity contribution in [3.05, 3.63) is 30.1 Å². The Labute approximate surface area is 126 Å². The zero-order valence-electron chi connectivity index (χ0n) is 12.9. The summed E-state index contributed by atoms with van der Waals surface area (Å²) in [5, 5.41) is 3.13. The molecular weight excluding hydrogens is 266 g/mol. The van der Waals surface area contributed by atoms with Gasteiger partial charge in [-0.3, -0.25) is 4.98 Å². The Morgan fingerprint density at radius 3 is 2.67 bits per heavy atom. The Kier molecular flexibility index (Phi) is 5.99. The molecule has 0 aliphatic carbocycles. The van der Waals surface area contributed by atoms with Crippen LogP contribution in [0.1, 0.15) is 37.8 Å². The molecule has 1 atom stereocenters. The Hall–Kier alpha value is -1.62. The van der Waals surface area contributed by atoms with Gasteiger partial charge in [0.2, 0.25) is 0 Å². The van der Waals surface area contributed by atoms with Gasteiger partial charge in [0.05, 0.1) is 6.04 Å². The fourth-order valence-electron chi connectivity index (χ4n) is 2.80. The van der Waals surface area contributed by atoms with Crippen molar-refractivity contribution in [3.63, 3.8) is 0 Å². The first-order chi connectivity index (χ1) is 10.2. The Balaban J connectivity index is 1.86. The number of amides is 2. The highest BCUT2D eigenvalue weighted by atomic mass is 16.5. The van der Waals surface area contributed by atoms with Crippen molar-refractivity contribution >= 4 is 6.03 Å². The molecule has 0 spiro atoms. The number of piperidine rings is 1. The third-order valence-electron chi connectivity index (χ3n) is 4.12. The van der Waals surface area contributed by atoms with E-state index in [1.54, 1.807) is 19.5 Å². The van der Waals surface area contributed by atoms with E-state index in [1.165, 1.54) is 0 Å². The van der Waals surface area contributed by atoms with Gasteiger partial charge in [-0.15, -0.1) is 0 Å². The van der Waals surface area contributed by atoms with Crippen LogP contribution in [-0.4, -0.2) is 42.7 Å². The number of ether oxygens (including phenoxy) is 1. The van der Waals surface area contributed by atoms with Gasteiger partial charge in [0.15, 0.2) is 0 Å². The van der Waals surface area contributed by atoms with Gasteiger partial charge in [-0.2, -0.15) is 0 Å². The molecule has 1 N–H and O–H groups in total. The van der Waals surface area contributed by atoms with Crippen LogP contribution in [0.25, 0.3) is 0 Å². The number of nitrogens with zero attached hydrogens (tertiary/aromatic N) is 2. The number of carbonyl (C=O) groups excluding carboxylic acids is 1. The summed E-state index contributed by atoms with van der Waals surface area (Å²) < 4.78 is 5.19. The molecule has 5 heteroatoms. The molecule has 5 nitrogen and oxygen atoms in total. The van der Waals surface area contributed by atoms with Gasteiger partial charge in [0.25, 0.3) is 0 Å². The van der Waals surface area contributed by atoms with Gasteiger partial charge >= 0.3 is 6.03 Å². The zero-order chi connectivity index (χ0) is 15.1. The maximum absolute atomic E-state index is 12.4. The first-order valence-electron chi connectivity index (χ1n) is 7.68. The highest BCUT2D eigenvalue weighted by molar-refractivity contribution is 5.74. The van der Waals surface area contributed by atoms with Crippen molar-refractivity contribution in [3.8, 4) is 0 Å². The van der Waals surface area contributed by atoms with Crippen molar-refractivity contribution in [2.45, 2.75) is 32.2 Å². The number of hydrogen-bond donors (Lipinski definition) is 1. The van der Waals surface area contributed by atoms with Crippen LogP contribution in [0, 0.1) is 5.92 Å². The molecule has 1 saturated heterocycles. The number of hydrogen-bond acceptors (Lipinski definition) is 3. The smallest absolute Gasteiger partial charge is 0.317 e. The molecule has 0 radical (unpaired) electrons. The van der Waals surface area contributed by atoms with E-state index in [4.69, 9.17) is 4.74 Å². The minimum absolute atomic E-state index is 0.0366. The van der Waals surface area contributed by atoms with E-state index in [2.05, 4.69) is 17.2 Å². The number of nitrogens with one attached hydrogen (secondary N) is 1. The second-order valence-corrected chi connectivity index (χ2v) is 5.58. The van der Waals surface area contributed by atoms with Crippen molar-refractivity contribution in [2.24, 2.45) is 5.92 Å². The summed E-state index contributed by atoms with van der Waals surface area (Å²) >= 11 is 0. The molecule has 1 aliphatic heterocycles. The topological polar surface area (TPSA) is 54.5 Å². The lowest BCUT2D eigenvalue weighted by Gasteiger charge is -2.33. The molecule has 0 aromatic carbocycles. The third kappa shape index (κ3) is 4.43. The molecule has 2 heterocycles. The average molecular weight is 291 g/mol. The SMILES string of the molecule is CCC(NC(=O)N1CCC(COC)CC1)c1ccncc1. The number of pyridine rings is 1. The summed E-state index contributed by atoms with van der Waals surface area (Å²) in [4.78, 5) is 18.3. The van der Waals surface area contributed by atoms with Crippen LogP contribution in [0.15, 0.2) is 24.5 Å². The number of methoxy groups -OCH3 is 1. The summed E-state index contributed by atoms with van der Waals surface area (Å²) in [6, 6.07) is 4.00. The van der Waals surface area contributed by atoms with Crippen LogP contribution >= 0.6 is 0 Å². The van der Waals surface area contributed by atoms with Gasteiger partial charge in [-0.1, -0.05) is 6.92 Å². The number of carbonyl (C=O) groups is 1. The lowest BCUT2D eigenvalue weighted by molar-refractivity contribution is 0.106. The maximum Gasteiger partial charge on any atom is 0.317 e. The van der Waals surface area contributed by atoms with E-state index in [0.29, 0.717) is 5.92 Å². The van der Waals surface area contributed by atoms with Gasteiger partial charge in [-0.25, -0.2) is 4.79 Å². The molecule has 0 bridgehead atoms. The Morgan fingerprint density at radius 2 is 2.10 bits per heavy atom. The van der Waals surface area contributed by atoms with E-state index < -0.39 is 0 Å². The van der Waals surface area contributed by atoms with Crippen LogP contribution in [-0.2, 0) is 4.74 Å². The van der Waals surface area contributed by atoms with Crippen LogP contribution in [0.2, 0.25) is 0 Å². The van der Waals surface area contributed by atoms with E-state index in [0.717, 1.165) is 44.5 Å². The molecule has 21 heavy (non-hydrogen) atoms. The van der Waals surface area contributed by atoms with Crippen molar-refractivity contribution in [2.75, 3.05) is 26.8 Å². The first kappa shape index (κ1) is 15.8. The van der Waals surface area contributed by atoms with Crippen molar-refractivity contribution in [1.82, 2.24) is 15.2 Å². The lowest BCUT2D eigenvalue weighted by atomic mass is 9.98. The summed E-state index contributed by atoms with van der Waals surface area (Å²) in [6.45, 7) is 4.50. The quantitative estimate of drug-likeness (QED) is 0.907. The van der Waals surface area contributed by atoms with Crippen LogP contribution in [0.3, 0.4) is 0 Å². The molecular formula is C16H25N3O2. The third-order valence-corrected chi connectivity index (χ3v) is 4.12. The highest BCUT2D eigenvalue weighted by Gasteiger charge is 2.24. The molecule has 0 saturated carbocycles. The second-order valence-electron chi connectivity index (χ2n) is 5.58. The van der Waals surface area contributed by atoms with Crippen LogP contribution in [0.4, 0.5) is 4.79 Å². The Morgan fingerprint density at radius 1 is 1.43 bits per heavy atom. The van der Waals surface area contributed by atoms with Gasteiger partial charge in [0.1, 0.15) is 0 Å². The fraction of sp³-hybridized carbons (Fsp3) is 0.625. The molecule has 1 aromatic rings. The van der Waals surface area contributed by atoms with E-state index in [9.17, 15) is 4.79 Å². The number of urea groups is 1. The number of aromatic nitrogens is 1. The van der Waals surface area contributed by atoms with E-state index in [-0.39, 0.29) is 12.1 Å². The molecule has 1 aromatic heterocycles. The minimum Gasteiger partial charge on any atom is -0.384 e. The molecule has 1 fully saturated rings. The monoisotopic (exact) mass is 291 g/mol. The molecule has 1 aliphatic rings. The molecule has 2 amide bonds. The molecule has 1 unspecified atom stereocenters. The van der Waals surface area contributed by atoms with Crippen molar-refractivity contribution in [1.29, 1.82) is 0 Å². The predicted octanol–water partition coefficient (Wildman–Crippen LogP) is 2.60. The predicted molar refractivity (Wildman–Crippen MR) is 82.0 cm³/mol. The maximum atomic E-state index is 12.4. The van der Waals surface area contributed by atoms with E-state index in [1.807, 2.05) is 17.0 Å². The van der Waals surface area contributed by atoms with Gasteiger partial charge in [-0.05, 0) is 42.9 Å². The second kappa shape index (κ2) is 7.98. The Bertz CT molecular complexity index is 430. The van der Waals surface area contributed by atoms with Crippen LogP contribution < -0.4 is 5.32 Å². The standard InChI is InChI=1S/C16H25N3O2/c1-3-15(14-4-8-17-9-5-14)18-16(20)19-10-6-13(7-11-19)12-21-2/h4-5,8-9,13,15H,3,6-7,10-12H2,1-2H3,(H,18,20). The van der Waals surface area contributed by atoms with Gasteiger partial charge in [0, 0.05) is 39.2 Å². The number of rotatable bonds is 5. The summed E-state index contributed by atoms with van der Waals surface area (Å²) in [5.41, 5.74) is 1.11. The lowest BCUT2D eigenvalue weighted by Crippen LogP contribution is -2.46. The van der Waals surface area contributed by atoms with Crippen molar-refractivity contribution < 1.29 is 9.53 Å². The summed E-state index contributed by atoms with van der Waals surface area (Å²) in [5.74, 6) is 0.584. The highest BCUT2D eigenvalue weighted by Crippen LogP contribution is 2.19. The zero-order valence-corrected chi connectivity index (χ0v) is 12.9. The number of likely N-dealkylation sites (tertiary alicyclic amines) is 1. The fourth-order valence-corrected chi connectivity index (χ4v) is 2.80. The summed E-state index contributed by atoms with van der Waals surface area (Å²) in [6.07, 6.45) is 6.44. The minimum atomic E-state index is 0.0366. The first-order valence-corrected chi connectivity index (χ1v) is 7.68. The normalized spacial score (nSPS) is 17.5. The average Bonchev–Trinajstić information content (AvgIpc) is 2.54. The van der Waals surface area contributed by atoms with E-state index >= 15 is 0 Å². The van der Waals surface area contributed by atoms with Crippen LogP contribution in [0.5, 0.6) is 0 Å². The summed E-state index contributed by atoms with van der Waals surface area (Å²) in [7, 11) is 1.74.